The van der Waals surface area contributed by atoms with Crippen LogP contribution in [0.5, 0.6) is 5.75 Å². The van der Waals surface area contributed by atoms with E-state index < -0.39 is 0 Å². The Balaban J connectivity index is 2.37. The Hall–Kier alpha value is -2.30. The molecule has 1 N–H and O–H groups in total. The van der Waals surface area contributed by atoms with E-state index >= 15 is 0 Å². The fourth-order valence-corrected chi connectivity index (χ4v) is 1.81. The van der Waals surface area contributed by atoms with Gasteiger partial charge in [-0.05, 0) is 18.2 Å². The van der Waals surface area contributed by atoms with Gasteiger partial charge in [-0.2, -0.15) is 0 Å². The van der Waals surface area contributed by atoms with Gasteiger partial charge in [0.25, 0.3) is 5.91 Å². The van der Waals surface area contributed by atoms with E-state index in [1.807, 2.05) is 0 Å². The lowest BCUT2D eigenvalue weighted by atomic mass is 10.2. The smallest absolute Gasteiger partial charge is 0.265 e. The Labute approximate surface area is 105 Å². The van der Waals surface area contributed by atoms with Gasteiger partial charge in [0.15, 0.2) is 6.61 Å². The molecule has 5 heteroatoms. The normalized spacial score (nSPS) is 13.6. The van der Waals surface area contributed by atoms with E-state index in [0.29, 0.717) is 23.7 Å². The third-order valence-corrected chi connectivity index (χ3v) is 2.53. The van der Waals surface area contributed by atoms with Crippen molar-refractivity contribution >= 4 is 23.2 Å². The zero-order valence-electron chi connectivity index (χ0n) is 10.1. The van der Waals surface area contributed by atoms with Crippen LogP contribution in [0.3, 0.4) is 0 Å². The molecule has 0 spiro atoms. The number of benzene rings is 1. The molecule has 0 saturated carbocycles. The predicted octanol–water partition coefficient (Wildman–Crippen LogP) is 1.56. The summed E-state index contributed by atoms with van der Waals surface area (Å²) in [5, 5.41) is 2.67. The van der Waals surface area contributed by atoms with Crippen LogP contribution < -0.4 is 15.0 Å². The maximum atomic E-state index is 11.7. The molecule has 0 atom stereocenters. The van der Waals surface area contributed by atoms with Gasteiger partial charge in [-0.1, -0.05) is 6.08 Å². The van der Waals surface area contributed by atoms with Gasteiger partial charge in [0, 0.05) is 19.2 Å². The molecule has 0 saturated heterocycles. The van der Waals surface area contributed by atoms with E-state index in [-0.39, 0.29) is 18.4 Å². The van der Waals surface area contributed by atoms with Crippen LogP contribution in [0.2, 0.25) is 0 Å². The summed E-state index contributed by atoms with van der Waals surface area (Å²) < 4.78 is 5.33. The topological polar surface area (TPSA) is 58.6 Å². The Kier molecular flexibility index (Phi) is 3.32. The van der Waals surface area contributed by atoms with Crippen LogP contribution >= 0.6 is 0 Å². The predicted molar refractivity (Wildman–Crippen MR) is 68.8 cm³/mol. The molecule has 1 aromatic carbocycles. The van der Waals surface area contributed by atoms with Crippen LogP contribution in [-0.2, 0) is 9.59 Å². The van der Waals surface area contributed by atoms with Gasteiger partial charge < -0.3 is 15.0 Å². The van der Waals surface area contributed by atoms with Gasteiger partial charge >= 0.3 is 0 Å². The minimum atomic E-state index is -0.159. The molecule has 0 aliphatic carbocycles. The quantitative estimate of drug-likeness (QED) is 0.823. The molecule has 2 rings (SSSR count). The summed E-state index contributed by atoms with van der Waals surface area (Å²) in [4.78, 5) is 24.3. The van der Waals surface area contributed by atoms with Crippen LogP contribution in [-0.4, -0.2) is 25.0 Å². The van der Waals surface area contributed by atoms with Crippen molar-refractivity contribution in [3.05, 3.63) is 30.9 Å². The average Bonchev–Trinajstić information content (AvgIpc) is 2.32. The molecule has 0 unspecified atom stereocenters. The minimum absolute atomic E-state index is 0.0281. The van der Waals surface area contributed by atoms with Crippen molar-refractivity contribution in [2.75, 3.05) is 23.4 Å². The van der Waals surface area contributed by atoms with E-state index in [9.17, 15) is 9.59 Å². The Morgan fingerprint density at radius 3 is 3.06 bits per heavy atom. The van der Waals surface area contributed by atoms with Crippen molar-refractivity contribution in [2.24, 2.45) is 0 Å². The van der Waals surface area contributed by atoms with Crippen molar-refractivity contribution in [2.45, 2.75) is 6.92 Å². The van der Waals surface area contributed by atoms with E-state index in [4.69, 9.17) is 4.74 Å². The van der Waals surface area contributed by atoms with Crippen molar-refractivity contribution in [1.82, 2.24) is 0 Å². The van der Waals surface area contributed by atoms with Gasteiger partial charge in [-0.15, -0.1) is 6.58 Å². The zero-order chi connectivity index (χ0) is 13.1. The van der Waals surface area contributed by atoms with Crippen molar-refractivity contribution in [1.29, 1.82) is 0 Å². The molecule has 1 aliphatic rings. The summed E-state index contributed by atoms with van der Waals surface area (Å²) in [7, 11) is 0. The lowest BCUT2D eigenvalue weighted by molar-refractivity contribution is -0.121. The minimum Gasteiger partial charge on any atom is -0.482 e. The summed E-state index contributed by atoms with van der Waals surface area (Å²) in [6, 6.07) is 5.20. The van der Waals surface area contributed by atoms with Gasteiger partial charge in [-0.3, -0.25) is 9.59 Å². The fraction of sp³-hybridized carbons (Fsp3) is 0.231. The number of carbonyl (C=O) groups is 2. The Morgan fingerprint density at radius 2 is 2.39 bits per heavy atom. The SMILES string of the molecule is C=CCN1C(=O)COc2ccc(NC(C)=O)cc21. The molecular formula is C13H14N2O3. The number of hydrogen-bond donors (Lipinski definition) is 1. The molecule has 18 heavy (non-hydrogen) atoms. The van der Waals surface area contributed by atoms with Crippen molar-refractivity contribution < 1.29 is 14.3 Å². The second-order valence-corrected chi connectivity index (χ2v) is 3.95. The highest BCUT2D eigenvalue weighted by Crippen LogP contribution is 2.34. The van der Waals surface area contributed by atoms with Crippen LogP contribution in [0.25, 0.3) is 0 Å². The van der Waals surface area contributed by atoms with Crippen LogP contribution in [0.1, 0.15) is 6.92 Å². The maximum Gasteiger partial charge on any atom is 0.265 e. The largest absolute Gasteiger partial charge is 0.482 e. The first kappa shape index (κ1) is 12.2. The molecule has 5 nitrogen and oxygen atoms in total. The third kappa shape index (κ3) is 2.34. The van der Waals surface area contributed by atoms with E-state index in [1.54, 1.807) is 29.2 Å². The fourth-order valence-electron chi connectivity index (χ4n) is 1.81. The lowest BCUT2D eigenvalue weighted by Gasteiger charge is -2.28. The molecule has 0 aromatic heterocycles. The molecule has 1 aromatic rings. The standard InChI is InChI=1S/C13H14N2O3/c1-3-6-15-11-7-10(14-9(2)16)4-5-12(11)18-8-13(15)17/h3-5,7H,1,6,8H2,2H3,(H,14,16). The zero-order valence-corrected chi connectivity index (χ0v) is 10.1. The summed E-state index contributed by atoms with van der Waals surface area (Å²) in [5.41, 5.74) is 1.28. The van der Waals surface area contributed by atoms with Gasteiger partial charge in [0.1, 0.15) is 5.75 Å². The first-order chi connectivity index (χ1) is 8.61. The first-order valence-electron chi connectivity index (χ1n) is 5.57. The summed E-state index contributed by atoms with van der Waals surface area (Å²) in [5.74, 6) is 0.348. The highest BCUT2D eigenvalue weighted by Gasteiger charge is 2.24. The molecular weight excluding hydrogens is 232 g/mol. The highest BCUT2D eigenvalue weighted by molar-refractivity contribution is 5.99. The second-order valence-electron chi connectivity index (χ2n) is 3.95. The molecule has 94 valence electrons. The van der Waals surface area contributed by atoms with Crippen LogP contribution in [0.15, 0.2) is 30.9 Å². The summed E-state index contributed by atoms with van der Waals surface area (Å²) >= 11 is 0. The number of carbonyl (C=O) groups excluding carboxylic acids is 2. The van der Waals surface area contributed by atoms with Gasteiger partial charge in [0.05, 0.1) is 5.69 Å². The molecule has 0 bridgehead atoms. The number of amides is 2. The van der Waals surface area contributed by atoms with Crippen LogP contribution in [0, 0.1) is 0 Å². The highest BCUT2D eigenvalue weighted by atomic mass is 16.5. The van der Waals surface area contributed by atoms with Crippen molar-refractivity contribution in [3.63, 3.8) is 0 Å². The summed E-state index contributed by atoms with van der Waals surface area (Å²) in [6.07, 6.45) is 1.65. The number of rotatable bonds is 3. The Bertz CT molecular complexity index is 511. The van der Waals surface area contributed by atoms with Gasteiger partial charge in [-0.25, -0.2) is 0 Å². The molecule has 1 aliphatic heterocycles. The Morgan fingerprint density at radius 1 is 1.61 bits per heavy atom. The maximum absolute atomic E-state index is 11.7. The number of anilines is 2. The van der Waals surface area contributed by atoms with E-state index in [0.717, 1.165) is 0 Å². The van der Waals surface area contributed by atoms with Crippen LogP contribution in [0.4, 0.5) is 11.4 Å². The monoisotopic (exact) mass is 246 g/mol. The number of ether oxygens (including phenoxy) is 1. The van der Waals surface area contributed by atoms with E-state index in [1.165, 1.54) is 6.92 Å². The number of nitrogens with one attached hydrogen (secondary N) is 1. The van der Waals surface area contributed by atoms with E-state index in [2.05, 4.69) is 11.9 Å². The molecule has 0 radical (unpaired) electrons. The molecule has 2 amide bonds. The third-order valence-electron chi connectivity index (χ3n) is 2.53. The number of hydrogen-bond acceptors (Lipinski definition) is 3. The first-order valence-corrected chi connectivity index (χ1v) is 5.57. The average molecular weight is 246 g/mol. The lowest BCUT2D eigenvalue weighted by Crippen LogP contribution is -2.38. The van der Waals surface area contributed by atoms with Gasteiger partial charge in [0.2, 0.25) is 5.91 Å². The summed E-state index contributed by atoms with van der Waals surface area (Å²) in [6.45, 7) is 5.51. The molecule has 0 fully saturated rings. The van der Waals surface area contributed by atoms with Crippen molar-refractivity contribution in [3.8, 4) is 5.75 Å². The number of fused-ring (bicyclic) bond motifs is 1. The molecule has 1 heterocycles. The number of nitrogens with zero attached hydrogens (tertiary/aromatic N) is 1. The second kappa shape index (κ2) is 4.91.